The first-order valence-corrected chi connectivity index (χ1v) is 8.91. The fraction of sp³-hybridized carbons (Fsp3) is 0.176. The van der Waals surface area contributed by atoms with E-state index in [9.17, 15) is 4.79 Å². The van der Waals surface area contributed by atoms with Crippen molar-refractivity contribution in [3.63, 3.8) is 0 Å². The number of hydrogen-bond donors (Lipinski definition) is 1. The Labute approximate surface area is 163 Å². The zero-order valence-electron chi connectivity index (χ0n) is 14.1. The average Bonchev–Trinajstić information content (AvgIpc) is 3.02. The molecule has 0 unspecified atom stereocenters. The maximum Gasteiger partial charge on any atom is 0.257 e. The molecule has 1 N–H and O–H groups in total. The fourth-order valence-electron chi connectivity index (χ4n) is 2.36. The fourth-order valence-corrected chi connectivity index (χ4v) is 3.91. The Hall–Kier alpha value is -2.22. The number of aromatic nitrogens is 1. The molecule has 0 spiro atoms. The molecular formula is C17H14Cl2N2O4S. The number of benzene rings is 2. The van der Waals surface area contributed by atoms with E-state index >= 15 is 0 Å². The number of nitrogens with zero attached hydrogens (tertiary/aromatic N) is 1. The number of ether oxygens (including phenoxy) is 3. The van der Waals surface area contributed by atoms with Crippen molar-refractivity contribution < 1.29 is 19.0 Å². The predicted octanol–water partition coefficient (Wildman–Crippen LogP) is 4.88. The number of amides is 1. The van der Waals surface area contributed by atoms with Crippen LogP contribution in [0.4, 0.5) is 5.13 Å². The third-order valence-electron chi connectivity index (χ3n) is 3.57. The van der Waals surface area contributed by atoms with Crippen molar-refractivity contribution in [2.45, 2.75) is 0 Å². The lowest BCUT2D eigenvalue weighted by atomic mass is 10.2. The van der Waals surface area contributed by atoms with Crippen molar-refractivity contribution in [2.24, 2.45) is 0 Å². The monoisotopic (exact) mass is 412 g/mol. The summed E-state index contributed by atoms with van der Waals surface area (Å²) >= 11 is 13.5. The van der Waals surface area contributed by atoms with Crippen LogP contribution < -0.4 is 19.5 Å². The molecule has 3 rings (SSSR count). The van der Waals surface area contributed by atoms with Crippen LogP contribution in [0.5, 0.6) is 17.2 Å². The lowest BCUT2D eigenvalue weighted by molar-refractivity contribution is 0.102. The highest BCUT2D eigenvalue weighted by atomic mass is 35.5. The quantitative estimate of drug-likeness (QED) is 0.646. The second-order valence-electron chi connectivity index (χ2n) is 5.12. The van der Waals surface area contributed by atoms with Gasteiger partial charge < -0.3 is 14.2 Å². The summed E-state index contributed by atoms with van der Waals surface area (Å²) in [5.74, 6) is 1.14. The van der Waals surface area contributed by atoms with Crippen molar-refractivity contribution in [2.75, 3.05) is 26.6 Å². The van der Waals surface area contributed by atoms with Crippen LogP contribution in [0, 0.1) is 0 Å². The molecule has 0 aliphatic rings. The molecule has 0 fully saturated rings. The molecule has 0 saturated carbocycles. The average molecular weight is 413 g/mol. The van der Waals surface area contributed by atoms with Crippen molar-refractivity contribution in [1.29, 1.82) is 0 Å². The molecule has 2 aromatic carbocycles. The number of thiazole rings is 1. The molecular weight excluding hydrogens is 399 g/mol. The van der Waals surface area contributed by atoms with Crippen LogP contribution in [-0.2, 0) is 0 Å². The number of anilines is 1. The topological polar surface area (TPSA) is 69.7 Å². The van der Waals surface area contributed by atoms with E-state index in [0.717, 1.165) is 4.70 Å². The molecule has 0 aliphatic carbocycles. The van der Waals surface area contributed by atoms with Crippen LogP contribution in [0.2, 0.25) is 10.0 Å². The number of hydrogen-bond acceptors (Lipinski definition) is 6. The molecule has 0 saturated heterocycles. The van der Waals surface area contributed by atoms with Gasteiger partial charge in [0, 0.05) is 11.6 Å². The Bertz CT molecular complexity index is 967. The normalized spacial score (nSPS) is 10.7. The molecule has 0 bridgehead atoms. The van der Waals surface area contributed by atoms with Gasteiger partial charge in [0.1, 0.15) is 17.0 Å². The van der Waals surface area contributed by atoms with Gasteiger partial charge in [-0.1, -0.05) is 34.5 Å². The lowest BCUT2D eigenvalue weighted by Gasteiger charge is -2.08. The van der Waals surface area contributed by atoms with Crippen LogP contribution in [0.25, 0.3) is 10.2 Å². The number of methoxy groups -OCH3 is 3. The highest BCUT2D eigenvalue weighted by Crippen LogP contribution is 2.37. The largest absolute Gasteiger partial charge is 0.497 e. The summed E-state index contributed by atoms with van der Waals surface area (Å²) < 4.78 is 16.5. The number of rotatable bonds is 5. The molecule has 1 aromatic heterocycles. The second kappa shape index (κ2) is 7.57. The molecule has 26 heavy (non-hydrogen) atoms. The minimum atomic E-state index is -0.388. The Morgan fingerprint density at radius 3 is 2.31 bits per heavy atom. The van der Waals surface area contributed by atoms with E-state index in [2.05, 4.69) is 10.3 Å². The first-order valence-electron chi connectivity index (χ1n) is 7.33. The summed E-state index contributed by atoms with van der Waals surface area (Å²) in [6.07, 6.45) is 0. The van der Waals surface area contributed by atoms with E-state index < -0.39 is 0 Å². The number of nitrogens with one attached hydrogen (secondary N) is 1. The molecule has 1 heterocycles. The van der Waals surface area contributed by atoms with E-state index in [4.69, 9.17) is 37.4 Å². The standard InChI is InChI=1S/C17H14Cl2N2O4S/c1-23-9-6-12(24-2)14-13(7-9)26-17(20-14)21-16(22)8-4-10(18)15(25-3)11(19)5-8/h4-7H,1-3H3,(H,20,21,22). The Balaban J connectivity index is 1.92. The van der Waals surface area contributed by atoms with Gasteiger partial charge in [-0.3, -0.25) is 10.1 Å². The summed E-state index contributed by atoms with van der Waals surface area (Å²) in [6, 6.07) is 6.53. The highest BCUT2D eigenvalue weighted by Gasteiger charge is 2.17. The number of halogens is 2. The van der Waals surface area contributed by atoms with Crippen LogP contribution in [-0.4, -0.2) is 32.2 Å². The Morgan fingerprint density at radius 2 is 1.73 bits per heavy atom. The summed E-state index contributed by atoms with van der Waals surface area (Å²) in [5, 5.41) is 3.66. The molecule has 6 nitrogen and oxygen atoms in total. The van der Waals surface area contributed by atoms with E-state index in [1.54, 1.807) is 20.3 Å². The van der Waals surface area contributed by atoms with E-state index in [1.165, 1.54) is 30.6 Å². The first-order chi connectivity index (χ1) is 12.5. The Kier molecular flexibility index (Phi) is 5.41. The van der Waals surface area contributed by atoms with Gasteiger partial charge in [-0.2, -0.15) is 0 Å². The molecule has 1 amide bonds. The maximum absolute atomic E-state index is 12.5. The minimum Gasteiger partial charge on any atom is -0.497 e. The SMILES string of the molecule is COc1cc(OC)c2nc(NC(=O)c3cc(Cl)c(OC)c(Cl)c3)sc2c1. The van der Waals surface area contributed by atoms with Crippen molar-refractivity contribution >= 4 is 55.8 Å². The van der Waals surface area contributed by atoms with Crippen molar-refractivity contribution in [3.8, 4) is 17.2 Å². The third-order valence-corrected chi connectivity index (χ3v) is 5.05. The second-order valence-corrected chi connectivity index (χ2v) is 6.97. The van der Waals surface area contributed by atoms with Gasteiger partial charge in [-0.25, -0.2) is 4.98 Å². The zero-order chi connectivity index (χ0) is 18.8. The first kappa shape index (κ1) is 18.6. The van der Waals surface area contributed by atoms with Gasteiger partial charge in [0.25, 0.3) is 5.91 Å². The molecule has 9 heteroatoms. The van der Waals surface area contributed by atoms with Gasteiger partial charge in [-0.05, 0) is 18.2 Å². The number of carbonyl (C=O) groups excluding carboxylic acids is 1. The molecule has 3 aromatic rings. The molecule has 0 aliphatic heterocycles. The van der Waals surface area contributed by atoms with E-state index in [1.807, 2.05) is 6.07 Å². The van der Waals surface area contributed by atoms with Gasteiger partial charge in [-0.15, -0.1) is 0 Å². The van der Waals surface area contributed by atoms with E-state index in [-0.39, 0.29) is 16.0 Å². The summed E-state index contributed by atoms with van der Waals surface area (Å²) in [6.45, 7) is 0. The smallest absolute Gasteiger partial charge is 0.257 e. The number of carbonyl (C=O) groups is 1. The Morgan fingerprint density at radius 1 is 1.04 bits per heavy atom. The van der Waals surface area contributed by atoms with Crippen molar-refractivity contribution in [3.05, 3.63) is 39.9 Å². The maximum atomic E-state index is 12.5. The molecule has 136 valence electrons. The van der Waals surface area contributed by atoms with Crippen LogP contribution in [0.3, 0.4) is 0 Å². The zero-order valence-corrected chi connectivity index (χ0v) is 16.4. The van der Waals surface area contributed by atoms with Gasteiger partial charge in [0.05, 0.1) is 36.1 Å². The van der Waals surface area contributed by atoms with Crippen molar-refractivity contribution in [1.82, 2.24) is 4.98 Å². The van der Waals surface area contributed by atoms with Crippen LogP contribution in [0.1, 0.15) is 10.4 Å². The van der Waals surface area contributed by atoms with Crippen LogP contribution in [0.15, 0.2) is 24.3 Å². The lowest BCUT2D eigenvalue weighted by Crippen LogP contribution is -2.11. The number of fused-ring (bicyclic) bond motifs is 1. The van der Waals surface area contributed by atoms with Crippen LogP contribution >= 0.6 is 34.5 Å². The third kappa shape index (κ3) is 3.51. The van der Waals surface area contributed by atoms with Gasteiger partial charge in [0.15, 0.2) is 10.9 Å². The van der Waals surface area contributed by atoms with E-state index in [0.29, 0.717) is 33.5 Å². The molecule has 0 atom stereocenters. The molecule has 0 radical (unpaired) electrons. The summed E-state index contributed by atoms with van der Waals surface area (Å²) in [7, 11) is 4.57. The van der Waals surface area contributed by atoms with Gasteiger partial charge in [0.2, 0.25) is 0 Å². The minimum absolute atomic E-state index is 0.251. The highest BCUT2D eigenvalue weighted by molar-refractivity contribution is 7.22. The summed E-state index contributed by atoms with van der Waals surface area (Å²) in [4.78, 5) is 16.9. The summed E-state index contributed by atoms with van der Waals surface area (Å²) in [5.41, 5.74) is 0.934. The van der Waals surface area contributed by atoms with Gasteiger partial charge >= 0.3 is 0 Å². The predicted molar refractivity (Wildman–Crippen MR) is 104 cm³/mol.